The van der Waals surface area contributed by atoms with Crippen LogP contribution in [0.25, 0.3) is 0 Å². The van der Waals surface area contributed by atoms with E-state index in [9.17, 15) is 14.4 Å². The van der Waals surface area contributed by atoms with Gasteiger partial charge in [-0.15, -0.1) is 0 Å². The third-order valence-electron chi connectivity index (χ3n) is 8.30. The minimum absolute atomic E-state index is 0.0194. The van der Waals surface area contributed by atoms with Crippen LogP contribution in [-0.2, 0) is 44.6 Å². The zero-order valence-electron chi connectivity index (χ0n) is 30.1. The molecule has 0 saturated carbocycles. The Morgan fingerprint density at radius 3 is 1.94 bits per heavy atom. The van der Waals surface area contributed by atoms with Crippen LogP contribution in [0, 0.1) is 11.8 Å². The van der Waals surface area contributed by atoms with Crippen LogP contribution < -0.4 is 15.5 Å². The SMILES string of the molecule is O=C(CCC(=O)N1Cc2ccccc2C#Cc2ccccc21)NCCOCCOCCOCCOCCOCCNC(=O)OC1CC/C=C\CCC1. The molecule has 1 aliphatic carbocycles. The maximum absolute atomic E-state index is 13.3. The molecule has 1 aliphatic heterocycles. The summed E-state index contributed by atoms with van der Waals surface area (Å²) in [7, 11) is 0. The second kappa shape index (κ2) is 24.9. The van der Waals surface area contributed by atoms with Gasteiger partial charge < -0.3 is 44.0 Å². The number of hydrogen-bond acceptors (Lipinski definition) is 9. The van der Waals surface area contributed by atoms with E-state index >= 15 is 0 Å². The molecule has 52 heavy (non-hydrogen) atoms. The van der Waals surface area contributed by atoms with Gasteiger partial charge in [0.15, 0.2) is 0 Å². The van der Waals surface area contributed by atoms with Crippen LogP contribution in [0.2, 0.25) is 0 Å². The van der Waals surface area contributed by atoms with Gasteiger partial charge in [-0.2, -0.15) is 0 Å². The number of hydrogen-bond donors (Lipinski definition) is 2. The first-order valence-corrected chi connectivity index (χ1v) is 18.3. The minimum atomic E-state index is -0.388. The summed E-state index contributed by atoms with van der Waals surface area (Å²) < 4.78 is 33.0. The van der Waals surface area contributed by atoms with Crippen molar-refractivity contribution in [3.63, 3.8) is 0 Å². The quantitative estimate of drug-likeness (QED) is 0.102. The van der Waals surface area contributed by atoms with Gasteiger partial charge in [0.05, 0.1) is 78.3 Å². The average molecular weight is 720 g/mol. The van der Waals surface area contributed by atoms with Crippen molar-refractivity contribution in [1.29, 1.82) is 0 Å². The average Bonchev–Trinajstić information content (AvgIpc) is 3.13. The molecule has 282 valence electrons. The number of allylic oxidation sites excluding steroid dienone is 2. The van der Waals surface area contributed by atoms with Crippen LogP contribution in [-0.4, -0.2) is 103 Å². The number of amides is 3. The Kier molecular flexibility index (Phi) is 19.4. The van der Waals surface area contributed by atoms with Gasteiger partial charge in [-0.05, 0) is 55.9 Å². The van der Waals surface area contributed by atoms with Gasteiger partial charge in [-0.25, -0.2) is 4.79 Å². The van der Waals surface area contributed by atoms with Crippen molar-refractivity contribution in [2.75, 3.05) is 84.1 Å². The summed E-state index contributed by atoms with van der Waals surface area (Å²) in [5.74, 6) is 6.07. The summed E-state index contributed by atoms with van der Waals surface area (Å²) in [5, 5.41) is 5.54. The van der Waals surface area contributed by atoms with Crippen LogP contribution in [0.3, 0.4) is 0 Å². The number of fused-ring (bicyclic) bond motifs is 2. The first kappa shape index (κ1) is 40.5. The Morgan fingerprint density at radius 2 is 1.23 bits per heavy atom. The second-order valence-corrected chi connectivity index (χ2v) is 12.2. The molecule has 0 bridgehead atoms. The number of anilines is 1. The van der Waals surface area contributed by atoms with Gasteiger partial charge in [-0.1, -0.05) is 54.3 Å². The molecule has 0 radical (unpaired) electrons. The topological polar surface area (TPSA) is 134 Å². The molecule has 12 nitrogen and oxygen atoms in total. The lowest BCUT2D eigenvalue weighted by atomic mass is 10.0. The molecule has 0 fully saturated rings. The van der Waals surface area contributed by atoms with E-state index in [0.29, 0.717) is 85.7 Å². The van der Waals surface area contributed by atoms with Gasteiger partial charge in [0.2, 0.25) is 11.8 Å². The lowest BCUT2D eigenvalue weighted by molar-refractivity contribution is -0.125. The molecule has 1 heterocycles. The summed E-state index contributed by atoms with van der Waals surface area (Å²) in [4.78, 5) is 39.4. The van der Waals surface area contributed by atoms with E-state index in [1.54, 1.807) is 4.90 Å². The van der Waals surface area contributed by atoms with Crippen LogP contribution in [0.4, 0.5) is 10.5 Å². The summed E-state index contributed by atoms with van der Waals surface area (Å²) in [6, 6.07) is 15.4. The number of nitrogens with zero attached hydrogens (tertiary/aromatic N) is 1. The minimum Gasteiger partial charge on any atom is -0.446 e. The highest BCUT2D eigenvalue weighted by atomic mass is 16.6. The smallest absolute Gasteiger partial charge is 0.407 e. The Balaban J connectivity index is 0.907. The number of benzene rings is 2. The molecule has 3 amide bonds. The highest BCUT2D eigenvalue weighted by Crippen LogP contribution is 2.26. The van der Waals surface area contributed by atoms with Crippen molar-refractivity contribution in [2.45, 2.75) is 57.6 Å². The van der Waals surface area contributed by atoms with E-state index in [2.05, 4.69) is 34.6 Å². The zero-order valence-corrected chi connectivity index (χ0v) is 30.1. The molecule has 2 aromatic rings. The fourth-order valence-electron chi connectivity index (χ4n) is 5.56. The maximum atomic E-state index is 13.3. The van der Waals surface area contributed by atoms with Gasteiger partial charge >= 0.3 is 6.09 Å². The Bertz CT molecular complexity index is 1470. The van der Waals surface area contributed by atoms with E-state index in [-0.39, 0.29) is 36.9 Å². The van der Waals surface area contributed by atoms with Crippen molar-refractivity contribution < 1.29 is 42.8 Å². The summed E-state index contributed by atoms with van der Waals surface area (Å²) in [6.45, 7) is 5.32. The summed E-state index contributed by atoms with van der Waals surface area (Å²) in [6.07, 6.45) is 8.90. The lowest BCUT2D eigenvalue weighted by Gasteiger charge is -2.26. The predicted molar refractivity (Wildman–Crippen MR) is 197 cm³/mol. The second-order valence-electron chi connectivity index (χ2n) is 12.2. The molecular weight excluding hydrogens is 666 g/mol. The van der Waals surface area contributed by atoms with Crippen molar-refractivity contribution in [3.05, 3.63) is 77.4 Å². The number of carbonyl (C=O) groups excluding carboxylic acids is 3. The Labute approximate surface area is 307 Å². The van der Waals surface area contributed by atoms with Crippen molar-refractivity contribution in [2.24, 2.45) is 0 Å². The van der Waals surface area contributed by atoms with Gasteiger partial charge in [0, 0.05) is 37.1 Å². The number of nitrogens with one attached hydrogen (secondary N) is 2. The van der Waals surface area contributed by atoms with Crippen molar-refractivity contribution in [1.82, 2.24) is 10.6 Å². The van der Waals surface area contributed by atoms with E-state index < -0.39 is 0 Å². The first-order chi connectivity index (χ1) is 25.6. The largest absolute Gasteiger partial charge is 0.446 e. The molecule has 1 atom stereocenters. The molecule has 2 N–H and O–H groups in total. The van der Waals surface area contributed by atoms with E-state index in [1.165, 1.54) is 0 Å². The predicted octanol–water partition coefficient (Wildman–Crippen LogP) is 4.53. The number of carbonyl (C=O) groups is 3. The van der Waals surface area contributed by atoms with Crippen LogP contribution >= 0.6 is 0 Å². The van der Waals surface area contributed by atoms with E-state index in [4.69, 9.17) is 28.4 Å². The van der Waals surface area contributed by atoms with E-state index in [1.807, 2.05) is 48.5 Å². The van der Waals surface area contributed by atoms with Crippen LogP contribution in [0.15, 0.2) is 60.7 Å². The Hall–Kier alpha value is -4.25. The Morgan fingerprint density at radius 1 is 0.654 bits per heavy atom. The molecular formula is C40H53N3O9. The van der Waals surface area contributed by atoms with Crippen LogP contribution in [0.5, 0.6) is 0 Å². The molecule has 0 saturated heterocycles. The zero-order chi connectivity index (χ0) is 36.5. The van der Waals surface area contributed by atoms with Gasteiger partial charge in [-0.3, -0.25) is 9.59 Å². The van der Waals surface area contributed by atoms with Gasteiger partial charge in [0.1, 0.15) is 6.10 Å². The molecule has 2 aliphatic rings. The molecule has 1 unspecified atom stereocenters. The lowest BCUT2D eigenvalue weighted by Crippen LogP contribution is -2.34. The fraction of sp³-hybridized carbons (Fsp3) is 0.525. The van der Waals surface area contributed by atoms with E-state index in [0.717, 1.165) is 54.5 Å². The molecule has 4 rings (SSSR count). The molecule has 12 heteroatoms. The van der Waals surface area contributed by atoms with Crippen molar-refractivity contribution >= 4 is 23.6 Å². The number of ether oxygens (including phenoxy) is 6. The normalized spacial score (nSPS) is 15.7. The highest BCUT2D eigenvalue weighted by molar-refractivity contribution is 5.96. The fourth-order valence-corrected chi connectivity index (χ4v) is 5.56. The number of rotatable bonds is 22. The standard InChI is InChI=1S/C40H53N3O9/c44-38(18-19-39(45)43-32-35-12-7-6-10-33(35)16-17-34-11-8-9-15-37(34)43)41-20-22-47-24-26-49-28-30-51-31-29-50-27-25-48-23-21-42-40(46)52-36-13-4-2-1-3-5-14-36/h1-2,6-12,15,36H,3-5,13-14,18-32H2,(H,41,44)(H,42,46)/b2-1-. The highest BCUT2D eigenvalue weighted by Gasteiger charge is 2.22. The third-order valence-corrected chi connectivity index (χ3v) is 8.30. The first-order valence-electron chi connectivity index (χ1n) is 18.3. The third kappa shape index (κ3) is 16.0. The van der Waals surface area contributed by atoms with Gasteiger partial charge in [0.25, 0.3) is 0 Å². The maximum Gasteiger partial charge on any atom is 0.407 e. The molecule has 2 aromatic carbocycles. The summed E-state index contributed by atoms with van der Waals surface area (Å²) in [5.41, 5.74) is 3.41. The molecule has 0 spiro atoms. The van der Waals surface area contributed by atoms with Crippen molar-refractivity contribution in [3.8, 4) is 11.8 Å². The molecule has 0 aromatic heterocycles. The van der Waals surface area contributed by atoms with Crippen LogP contribution in [0.1, 0.15) is 61.6 Å². The number of para-hydroxylation sites is 1. The number of alkyl carbamates (subject to hydrolysis) is 1. The summed E-state index contributed by atoms with van der Waals surface area (Å²) >= 11 is 0. The monoisotopic (exact) mass is 719 g/mol.